The van der Waals surface area contributed by atoms with Crippen LogP contribution in [0, 0.1) is 0 Å². The van der Waals surface area contributed by atoms with Gasteiger partial charge in [0.1, 0.15) is 6.04 Å². The number of nitrogens with one attached hydrogen (secondary N) is 3. The van der Waals surface area contributed by atoms with Crippen LogP contribution in [0.25, 0.3) is 22.2 Å². The zero-order chi connectivity index (χ0) is 32.1. The minimum Gasteiger partial charge on any atom is -0.351 e. The molecule has 4 aromatic rings. The molecule has 2 fully saturated rings. The molecule has 0 spiro atoms. The van der Waals surface area contributed by atoms with Gasteiger partial charge in [-0.15, -0.1) is 0 Å². The van der Waals surface area contributed by atoms with E-state index in [9.17, 15) is 19.2 Å². The van der Waals surface area contributed by atoms with Crippen LogP contribution in [0.5, 0.6) is 0 Å². The first-order valence-electron chi connectivity index (χ1n) is 15.8. The Bertz CT molecular complexity index is 1900. The van der Waals surface area contributed by atoms with Gasteiger partial charge >= 0.3 is 0 Å². The van der Waals surface area contributed by atoms with Crippen LogP contribution in [-0.2, 0) is 23.2 Å². The summed E-state index contributed by atoms with van der Waals surface area (Å²) in [7, 11) is 1.98. The van der Waals surface area contributed by atoms with E-state index in [2.05, 4.69) is 45.9 Å². The summed E-state index contributed by atoms with van der Waals surface area (Å²) >= 11 is 0. The Morgan fingerprint density at radius 3 is 2.63 bits per heavy atom. The Kier molecular flexibility index (Phi) is 7.59. The van der Waals surface area contributed by atoms with Gasteiger partial charge in [0.05, 0.1) is 22.3 Å². The fraction of sp³-hybridized carbons (Fsp3) is 0.382. The van der Waals surface area contributed by atoms with Crippen LogP contribution in [0.2, 0.25) is 0 Å². The number of anilines is 1. The second-order valence-corrected chi connectivity index (χ2v) is 12.7. The average molecular weight is 621 g/mol. The van der Waals surface area contributed by atoms with Gasteiger partial charge in [-0.05, 0) is 61.4 Å². The molecule has 236 valence electrons. The molecule has 46 heavy (non-hydrogen) atoms. The van der Waals surface area contributed by atoms with Gasteiger partial charge in [0.2, 0.25) is 17.8 Å². The monoisotopic (exact) mass is 620 g/mol. The lowest BCUT2D eigenvalue weighted by Crippen LogP contribution is -2.54. The van der Waals surface area contributed by atoms with E-state index >= 15 is 0 Å². The van der Waals surface area contributed by atoms with E-state index in [1.165, 1.54) is 5.69 Å². The number of hydrogen-bond acceptors (Lipinski definition) is 9. The van der Waals surface area contributed by atoms with Gasteiger partial charge in [0.15, 0.2) is 0 Å². The number of piperidine rings is 1. The Morgan fingerprint density at radius 2 is 1.83 bits per heavy atom. The number of imide groups is 2. The number of benzene rings is 2. The normalized spacial score (nSPS) is 21.4. The zero-order valence-corrected chi connectivity index (χ0v) is 26.0. The number of carbonyl (C=O) groups is 4. The Labute approximate surface area is 266 Å². The predicted octanol–water partition coefficient (Wildman–Crippen LogP) is 3.68. The van der Waals surface area contributed by atoms with Crippen LogP contribution < -0.4 is 16.0 Å². The zero-order valence-electron chi connectivity index (χ0n) is 26.0. The van der Waals surface area contributed by atoms with Gasteiger partial charge < -0.3 is 10.6 Å². The van der Waals surface area contributed by atoms with E-state index in [0.29, 0.717) is 35.1 Å². The summed E-state index contributed by atoms with van der Waals surface area (Å²) in [6.45, 7) is 4.75. The molecule has 1 saturated carbocycles. The maximum absolute atomic E-state index is 13.4. The fourth-order valence-corrected chi connectivity index (χ4v) is 7.12. The number of fused-ring (bicyclic) bond motifs is 2. The highest BCUT2D eigenvalue weighted by atomic mass is 16.2. The van der Waals surface area contributed by atoms with Gasteiger partial charge in [-0.3, -0.25) is 34.1 Å². The summed E-state index contributed by atoms with van der Waals surface area (Å²) in [4.78, 5) is 61.0. The van der Waals surface area contributed by atoms with E-state index in [1.807, 2.05) is 36.0 Å². The number of aryl methyl sites for hydroxylation is 1. The molecular weight excluding hydrogens is 584 g/mol. The molecule has 4 heterocycles. The maximum atomic E-state index is 13.4. The fourth-order valence-electron chi connectivity index (χ4n) is 7.12. The number of hydrogen-bond donors (Lipinski definition) is 3. The molecule has 1 aliphatic carbocycles. The molecule has 2 aromatic heterocycles. The molecule has 12 nitrogen and oxygen atoms in total. The molecule has 1 unspecified atom stereocenters. The van der Waals surface area contributed by atoms with E-state index in [1.54, 1.807) is 18.3 Å². The highest BCUT2D eigenvalue weighted by Crippen LogP contribution is 2.32. The van der Waals surface area contributed by atoms with Crippen LogP contribution >= 0.6 is 0 Å². The van der Waals surface area contributed by atoms with Crippen molar-refractivity contribution in [2.24, 2.45) is 7.05 Å². The topological polar surface area (TPSA) is 151 Å². The molecule has 7 rings (SSSR count). The van der Waals surface area contributed by atoms with Gasteiger partial charge in [-0.2, -0.15) is 5.10 Å². The summed E-state index contributed by atoms with van der Waals surface area (Å²) in [5.41, 5.74) is 5.34. The number of amides is 4. The van der Waals surface area contributed by atoms with Crippen LogP contribution in [0.3, 0.4) is 0 Å². The third-order valence-electron chi connectivity index (χ3n) is 9.28. The lowest BCUT2D eigenvalue weighted by molar-refractivity contribution is -0.136. The third-order valence-corrected chi connectivity index (χ3v) is 9.28. The van der Waals surface area contributed by atoms with Crippen molar-refractivity contribution in [2.75, 3.05) is 5.32 Å². The second-order valence-electron chi connectivity index (χ2n) is 12.7. The third kappa shape index (κ3) is 5.32. The first-order valence-corrected chi connectivity index (χ1v) is 15.8. The molecule has 3 N–H and O–H groups in total. The lowest BCUT2D eigenvalue weighted by Gasteiger charge is -2.27. The van der Waals surface area contributed by atoms with Crippen LogP contribution in [0.1, 0.15) is 83.8 Å². The molecule has 1 saturated heterocycles. The standard InChI is InChI=1S/C34H36N8O4/c1-18(2)30-24-15-19(7-10-26(24)40-41(30)3)25-13-14-35-34(38-25)37-22-9-8-21(16-22)36-17-20-5-4-6-23-29(20)33(46)42(32(23)45)27-11-12-28(43)39-31(27)44/h4-7,10,13-15,18,21-22,27,36H,8-9,11-12,16-17H2,1-3H3,(H,35,37,38)(H,39,43,44)/t21-,22-,27?/m0/s1. The Morgan fingerprint density at radius 1 is 1.00 bits per heavy atom. The van der Waals surface area contributed by atoms with Crippen molar-refractivity contribution in [1.29, 1.82) is 0 Å². The largest absolute Gasteiger partial charge is 0.351 e. The van der Waals surface area contributed by atoms with Crippen molar-refractivity contribution in [3.8, 4) is 11.3 Å². The molecule has 12 heteroatoms. The van der Waals surface area contributed by atoms with Crippen LogP contribution in [0.4, 0.5) is 5.95 Å². The van der Waals surface area contributed by atoms with Gasteiger partial charge in [-0.25, -0.2) is 9.97 Å². The van der Waals surface area contributed by atoms with Crippen LogP contribution in [-0.4, -0.2) is 66.4 Å². The van der Waals surface area contributed by atoms with Crippen molar-refractivity contribution in [3.05, 3.63) is 71.0 Å². The van der Waals surface area contributed by atoms with Crippen molar-refractivity contribution in [3.63, 3.8) is 0 Å². The molecule has 3 atom stereocenters. The Hall–Kier alpha value is -4.97. The summed E-state index contributed by atoms with van der Waals surface area (Å²) in [5.74, 6) is -1.07. The number of carbonyl (C=O) groups excluding carboxylic acids is 4. The van der Waals surface area contributed by atoms with Gasteiger partial charge in [0.25, 0.3) is 11.8 Å². The molecule has 4 amide bonds. The first kappa shape index (κ1) is 29.7. The van der Waals surface area contributed by atoms with Crippen molar-refractivity contribution < 1.29 is 19.2 Å². The minimum absolute atomic E-state index is 0.0880. The van der Waals surface area contributed by atoms with E-state index in [-0.39, 0.29) is 24.9 Å². The minimum atomic E-state index is -0.982. The summed E-state index contributed by atoms with van der Waals surface area (Å²) in [5, 5.41) is 15.1. The predicted molar refractivity (Wildman–Crippen MR) is 171 cm³/mol. The van der Waals surface area contributed by atoms with Crippen molar-refractivity contribution in [1.82, 2.24) is 35.3 Å². The Balaban J connectivity index is 0.998. The molecule has 3 aliphatic rings. The van der Waals surface area contributed by atoms with Crippen molar-refractivity contribution >= 4 is 40.5 Å². The second kappa shape index (κ2) is 11.8. The van der Waals surface area contributed by atoms with Crippen LogP contribution in [0.15, 0.2) is 48.7 Å². The highest BCUT2D eigenvalue weighted by molar-refractivity contribution is 6.24. The summed E-state index contributed by atoms with van der Waals surface area (Å²) in [6.07, 6.45) is 4.70. The smallest absolute Gasteiger partial charge is 0.262 e. The quantitative estimate of drug-likeness (QED) is 0.251. The molecule has 2 aliphatic heterocycles. The average Bonchev–Trinajstić information content (AvgIpc) is 3.69. The SMILES string of the molecule is CC(C)c1c2cc(-c3ccnc(N[C@H]4CC[C@H](NCc5cccc6c5C(=O)N(C5CCC(=O)NC5=O)C6=O)C4)n3)ccc2nn1C. The number of nitrogens with zero attached hydrogens (tertiary/aromatic N) is 5. The van der Waals surface area contributed by atoms with Gasteiger partial charge in [0, 0.05) is 54.9 Å². The molecule has 0 radical (unpaired) electrons. The van der Waals surface area contributed by atoms with E-state index < -0.39 is 29.7 Å². The van der Waals surface area contributed by atoms with Crippen molar-refractivity contribution in [2.45, 2.75) is 76.5 Å². The number of aromatic nitrogens is 4. The molecule has 2 aromatic carbocycles. The van der Waals surface area contributed by atoms with E-state index in [4.69, 9.17) is 4.98 Å². The number of rotatable bonds is 8. The summed E-state index contributed by atoms with van der Waals surface area (Å²) < 4.78 is 1.95. The summed E-state index contributed by atoms with van der Waals surface area (Å²) in [6, 6.07) is 12.8. The molecular formula is C34H36N8O4. The maximum Gasteiger partial charge on any atom is 0.262 e. The first-order chi connectivity index (χ1) is 22.2. The van der Waals surface area contributed by atoms with E-state index in [0.717, 1.165) is 46.3 Å². The van der Waals surface area contributed by atoms with Gasteiger partial charge in [-0.1, -0.05) is 32.0 Å². The highest BCUT2D eigenvalue weighted by Gasteiger charge is 2.45. The molecule has 0 bridgehead atoms. The lowest BCUT2D eigenvalue weighted by atomic mass is 10.0.